The Morgan fingerprint density at radius 1 is 1.21 bits per heavy atom. The second-order valence-corrected chi connectivity index (χ2v) is 9.13. The number of rotatable bonds is 3. The van der Waals surface area contributed by atoms with Crippen LogP contribution in [0.2, 0.25) is 0 Å². The van der Waals surface area contributed by atoms with E-state index in [1.807, 2.05) is 0 Å². The summed E-state index contributed by atoms with van der Waals surface area (Å²) in [5.74, 6) is -7.10. The van der Waals surface area contributed by atoms with Gasteiger partial charge in [-0.3, -0.25) is 19.3 Å². The van der Waals surface area contributed by atoms with E-state index in [1.165, 1.54) is 38.1 Å². The summed E-state index contributed by atoms with van der Waals surface area (Å²) in [4.78, 5) is 40.1. The zero-order valence-electron chi connectivity index (χ0n) is 18.7. The van der Waals surface area contributed by atoms with E-state index in [0.717, 1.165) is 0 Å². The number of aromatic hydroxyl groups is 1. The summed E-state index contributed by atoms with van der Waals surface area (Å²) in [5, 5.41) is 56.3. The first-order valence-corrected chi connectivity index (χ1v) is 10.6. The predicted molar refractivity (Wildman–Crippen MR) is 118 cm³/mol. The van der Waals surface area contributed by atoms with E-state index >= 15 is 0 Å². The van der Waals surface area contributed by atoms with Crippen LogP contribution in [0.1, 0.15) is 30.0 Å². The van der Waals surface area contributed by atoms with Crippen LogP contribution in [0, 0.1) is 11.8 Å². The molecular weight excluding hydrogens is 446 g/mol. The number of aliphatic hydroxyl groups excluding tert-OH is 2. The van der Waals surface area contributed by atoms with E-state index in [-0.39, 0.29) is 35.4 Å². The molecule has 34 heavy (non-hydrogen) atoms. The number of phenols is 1. The maximum Gasteiger partial charge on any atom is 0.255 e. The summed E-state index contributed by atoms with van der Waals surface area (Å²) in [7, 11) is 3.06. The largest absolute Gasteiger partial charge is 0.508 e. The molecule has 180 valence electrons. The molecule has 1 amide bonds. The lowest BCUT2D eigenvalue weighted by Crippen LogP contribution is -2.65. The van der Waals surface area contributed by atoms with Crippen LogP contribution in [0.15, 0.2) is 34.2 Å². The number of likely N-dealkylation sites (N-methyl/N-ethyl adjacent to an activating group) is 1. The summed E-state index contributed by atoms with van der Waals surface area (Å²) in [6.07, 6.45) is 0.0985. The van der Waals surface area contributed by atoms with Crippen LogP contribution in [0.25, 0.3) is 5.76 Å². The third kappa shape index (κ3) is 2.90. The van der Waals surface area contributed by atoms with Crippen LogP contribution >= 0.6 is 0 Å². The SMILES string of the molecule is C/C(=N/O)c1ccc(O)c2c1C[C@H]1C[C@H]3[C@H](N(C)C)C(=O)C(C(N)=O)=C(O)[C@@]3(O)C(=O)C1=C2O. The molecule has 0 unspecified atom stereocenters. The van der Waals surface area contributed by atoms with Gasteiger partial charge in [0.15, 0.2) is 11.4 Å². The molecule has 0 aliphatic heterocycles. The predicted octanol–water partition coefficient (Wildman–Crippen LogP) is 0.162. The highest BCUT2D eigenvalue weighted by Gasteiger charge is 2.64. The Labute approximate surface area is 194 Å². The number of primary amides is 1. The second-order valence-electron chi connectivity index (χ2n) is 9.13. The number of Topliss-reactive ketones (excluding diaryl/α,β-unsaturated/α-hetero) is 2. The number of benzene rings is 1. The van der Waals surface area contributed by atoms with Gasteiger partial charge in [-0.2, -0.15) is 0 Å². The fraction of sp³-hybridized carbons (Fsp3) is 0.391. The average molecular weight is 471 g/mol. The number of hydrogen-bond donors (Lipinski definition) is 6. The van der Waals surface area contributed by atoms with Gasteiger partial charge in [0.1, 0.15) is 22.8 Å². The molecule has 3 aliphatic carbocycles. The molecule has 1 fully saturated rings. The molecule has 3 aliphatic rings. The van der Waals surface area contributed by atoms with Crippen LogP contribution in [-0.2, 0) is 20.8 Å². The smallest absolute Gasteiger partial charge is 0.255 e. The summed E-state index contributed by atoms with van der Waals surface area (Å²) in [6.45, 7) is 1.53. The third-order valence-corrected chi connectivity index (χ3v) is 7.14. The van der Waals surface area contributed by atoms with Crippen molar-refractivity contribution in [3.05, 3.63) is 45.7 Å². The molecule has 4 rings (SSSR count). The molecule has 0 bridgehead atoms. The minimum absolute atomic E-state index is 0.0177. The van der Waals surface area contributed by atoms with E-state index in [4.69, 9.17) is 5.73 Å². The number of carbonyl (C=O) groups excluding carboxylic acids is 3. The fourth-order valence-electron chi connectivity index (χ4n) is 5.64. The van der Waals surface area contributed by atoms with Crippen LogP contribution in [0.3, 0.4) is 0 Å². The lowest BCUT2D eigenvalue weighted by atomic mass is 9.57. The molecule has 0 heterocycles. The molecular formula is C23H25N3O8. The number of carbonyl (C=O) groups is 3. The van der Waals surface area contributed by atoms with Gasteiger partial charge in [0.25, 0.3) is 5.91 Å². The van der Waals surface area contributed by atoms with Crippen LogP contribution in [0.5, 0.6) is 5.75 Å². The molecule has 1 saturated carbocycles. The quantitative estimate of drug-likeness (QED) is 0.154. The van der Waals surface area contributed by atoms with Crippen LogP contribution in [0.4, 0.5) is 0 Å². The Hall–Kier alpha value is -3.70. The number of amides is 1. The monoisotopic (exact) mass is 471 g/mol. The number of ketones is 2. The second kappa shape index (κ2) is 7.67. The number of phenolic OH excluding ortho intramolecular Hbond substituents is 1. The summed E-state index contributed by atoms with van der Waals surface area (Å²) in [6, 6.07) is 1.64. The molecule has 4 atom stereocenters. The fourth-order valence-corrected chi connectivity index (χ4v) is 5.64. The summed E-state index contributed by atoms with van der Waals surface area (Å²) < 4.78 is 0. The maximum atomic E-state index is 13.7. The third-order valence-electron chi connectivity index (χ3n) is 7.14. The molecule has 0 saturated heterocycles. The highest BCUT2D eigenvalue weighted by molar-refractivity contribution is 6.24. The van der Waals surface area contributed by atoms with E-state index in [2.05, 4.69) is 5.16 Å². The van der Waals surface area contributed by atoms with Crippen LogP contribution in [-0.4, -0.2) is 79.5 Å². The molecule has 11 heteroatoms. The van der Waals surface area contributed by atoms with Crippen molar-refractivity contribution in [2.45, 2.75) is 31.4 Å². The minimum atomic E-state index is -2.68. The molecule has 0 aromatic heterocycles. The van der Waals surface area contributed by atoms with E-state index in [9.17, 15) is 40.0 Å². The molecule has 7 N–H and O–H groups in total. The molecule has 1 aromatic carbocycles. The zero-order chi connectivity index (χ0) is 25.3. The van der Waals surface area contributed by atoms with Gasteiger partial charge in [0, 0.05) is 17.1 Å². The van der Waals surface area contributed by atoms with Crippen LogP contribution < -0.4 is 5.73 Å². The van der Waals surface area contributed by atoms with E-state index < -0.39 is 58.0 Å². The summed E-state index contributed by atoms with van der Waals surface area (Å²) >= 11 is 0. The van der Waals surface area contributed by atoms with Gasteiger partial charge >= 0.3 is 0 Å². The highest BCUT2D eigenvalue weighted by atomic mass is 16.4. The lowest BCUT2D eigenvalue weighted by molar-refractivity contribution is -0.153. The Bertz CT molecular complexity index is 1240. The van der Waals surface area contributed by atoms with Gasteiger partial charge in [-0.1, -0.05) is 5.16 Å². The van der Waals surface area contributed by atoms with Gasteiger partial charge in [-0.25, -0.2) is 0 Å². The number of fused-ring (bicyclic) bond motifs is 3. The van der Waals surface area contributed by atoms with Crippen molar-refractivity contribution in [1.29, 1.82) is 0 Å². The summed E-state index contributed by atoms with van der Waals surface area (Å²) in [5.41, 5.74) is 2.55. The Kier molecular flexibility index (Phi) is 5.29. The normalized spacial score (nSPS) is 29.2. The number of hydrogen-bond acceptors (Lipinski definition) is 10. The van der Waals surface area contributed by atoms with E-state index in [1.54, 1.807) is 0 Å². The maximum absolute atomic E-state index is 13.7. The number of nitrogens with zero attached hydrogens (tertiary/aromatic N) is 2. The van der Waals surface area contributed by atoms with Crippen molar-refractivity contribution < 1.29 is 40.0 Å². The topological polar surface area (TPSA) is 194 Å². The minimum Gasteiger partial charge on any atom is -0.508 e. The van der Waals surface area contributed by atoms with Crippen molar-refractivity contribution in [1.82, 2.24) is 4.90 Å². The Morgan fingerprint density at radius 2 is 1.85 bits per heavy atom. The number of nitrogens with two attached hydrogens (primary N) is 1. The highest BCUT2D eigenvalue weighted by Crippen LogP contribution is 2.52. The van der Waals surface area contributed by atoms with Crippen molar-refractivity contribution in [2.24, 2.45) is 22.7 Å². The lowest BCUT2D eigenvalue weighted by Gasteiger charge is -2.50. The molecule has 0 spiro atoms. The van der Waals surface area contributed by atoms with Gasteiger partial charge < -0.3 is 31.4 Å². The number of aliphatic hydroxyl groups is 3. The standard InChI is InChI=1S/C23H25N3O8/c1-8(25-34)10-4-5-13(27)15-11(10)6-9-7-12-17(26(2)3)19(29)16(22(24)32)21(31)23(12,33)20(30)14(9)18(15)28/h4-5,9,12,17,27-28,31,33-34H,6-7H2,1-3H3,(H2,24,32)/b25-8-/t9-,12-,17-,23-/m0/s1. The first-order valence-electron chi connectivity index (χ1n) is 10.6. The first-order chi connectivity index (χ1) is 15.9. The Morgan fingerprint density at radius 3 is 2.41 bits per heavy atom. The molecule has 1 aromatic rings. The van der Waals surface area contributed by atoms with E-state index in [0.29, 0.717) is 11.1 Å². The Balaban J connectivity index is 2.00. The van der Waals surface area contributed by atoms with Gasteiger partial charge in [-0.05, 0) is 57.5 Å². The number of oxime groups is 1. The van der Waals surface area contributed by atoms with Crippen molar-refractivity contribution in [2.75, 3.05) is 14.1 Å². The van der Waals surface area contributed by atoms with Gasteiger partial charge in [0.05, 0.1) is 17.3 Å². The van der Waals surface area contributed by atoms with Gasteiger partial charge in [0.2, 0.25) is 5.78 Å². The van der Waals surface area contributed by atoms with Crippen molar-refractivity contribution >= 4 is 28.9 Å². The zero-order valence-corrected chi connectivity index (χ0v) is 18.7. The average Bonchev–Trinajstić information content (AvgIpc) is 2.75. The van der Waals surface area contributed by atoms with Gasteiger partial charge in [-0.15, -0.1) is 0 Å². The molecule has 0 radical (unpaired) electrons. The van der Waals surface area contributed by atoms with Crippen molar-refractivity contribution in [3.8, 4) is 5.75 Å². The van der Waals surface area contributed by atoms with Crippen molar-refractivity contribution in [3.63, 3.8) is 0 Å². The molecule has 11 nitrogen and oxygen atoms in total. The first kappa shape index (κ1) is 23.5.